The molecule has 0 bridgehead atoms. The van der Waals surface area contributed by atoms with E-state index in [4.69, 9.17) is 0 Å². The summed E-state index contributed by atoms with van der Waals surface area (Å²) in [6, 6.07) is 6.96. The summed E-state index contributed by atoms with van der Waals surface area (Å²) in [6.45, 7) is 3.43. The van der Waals surface area contributed by atoms with Crippen molar-refractivity contribution in [3.05, 3.63) is 38.7 Å². The number of benzene rings is 1. The summed E-state index contributed by atoms with van der Waals surface area (Å²) in [4.78, 5) is 12.6. The van der Waals surface area contributed by atoms with E-state index in [2.05, 4.69) is 49.6 Å². The Balaban J connectivity index is 1.73. The van der Waals surface area contributed by atoms with Crippen LogP contribution in [0, 0.1) is 0 Å². The SMILES string of the molecule is CCn1c(Sc2ccc(CNC3CC3)c(Br)c2)n[nH]c1=O. The summed E-state index contributed by atoms with van der Waals surface area (Å²) >= 11 is 5.11. The number of nitrogens with one attached hydrogen (secondary N) is 2. The van der Waals surface area contributed by atoms with Crippen LogP contribution in [0.1, 0.15) is 25.3 Å². The Morgan fingerprint density at radius 2 is 2.33 bits per heavy atom. The van der Waals surface area contributed by atoms with Crippen LogP contribution in [-0.2, 0) is 13.1 Å². The lowest BCUT2D eigenvalue weighted by Gasteiger charge is -2.08. The molecule has 0 atom stereocenters. The van der Waals surface area contributed by atoms with E-state index >= 15 is 0 Å². The molecule has 1 heterocycles. The third-order valence-electron chi connectivity index (χ3n) is 3.43. The van der Waals surface area contributed by atoms with Crippen molar-refractivity contribution in [2.45, 2.75) is 48.9 Å². The van der Waals surface area contributed by atoms with E-state index in [0.29, 0.717) is 17.7 Å². The van der Waals surface area contributed by atoms with Crippen molar-refractivity contribution in [1.82, 2.24) is 20.1 Å². The van der Waals surface area contributed by atoms with Gasteiger partial charge in [-0.1, -0.05) is 22.0 Å². The Morgan fingerprint density at radius 3 is 3.00 bits per heavy atom. The van der Waals surface area contributed by atoms with Gasteiger partial charge in [0.05, 0.1) is 0 Å². The van der Waals surface area contributed by atoms with Crippen molar-refractivity contribution in [3.8, 4) is 0 Å². The number of nitrogens with zero attached hydrogens (tertiary/aromatic N) is 2. The van der Waals surface area contributed by atoms with E-state index < -0.39 is 0 Å². The summed E-state index contributed by atoms with van der Waals surface area (Å²) in [5.74, 6) is 0. The summed E-state index contributed by atoms with van der Waals surface area (Å²) < 4.78 is 2.71. The second kappa shape index (κ2) is 6.37. The third kappa shape index (κ3) is 3.59. The van der Waals surface area contributed by atoms with Gasteiger partial charge in [-0.15, -0.1) is 5.10 Å². The fraction of sp³-hybridized carbons (Fsp3) is 0.429. The number of hydrogen-bond acceptors (Lipinski definition) is 4. The predicted molar refractivity (Wildman–Crippen MR) is 86.6 cm³/mol. The molecule has 0 amide bonds. The standard InChI is InChI=1S/C14H17BrN4OS/c1-2-19-13(20)17-18-14(19)21-11-6-3-9(12(15)7-11)8-16-10-4-5-10/h3,6-7,10,16H,2,4-5,8H2,1H3,(H,17,20). The van der Waals surface area contributed by atoms with E-state index in [9.17, 15) is 4.79 Å². The van der Waals surface area contributed by atoms with Crippen molar-refractivity contribution < 1.29 is 0 Å². The van der Waals surface area contributed by atoms with E-state index in [1.165, 1.54) is 30.2 Å². The average Bonchev–Trinajstić information content (AvgIpc) is 3.22. The number of halogens is 1. The summed E-state index contributed by atoms with van der Waals surface area (Å²) in [5, 5.41) is 10.7. The smallest absolute Gasteiger partial charge is 0.310 e. The van der Waals surface area contributed by atoms with Gasteiger partial charge in [0.1, 0.15) is 0 Å². The number of hydrogen-bond donors (Lipinski definition) is 2. The molecule has 1 aliphatic rings. The maximum absolute atomic E-state index is 11.6. The molecule has 2 N–H and O–H groups in total. The minimum atomic E-state index is -0.163. The van der Waals surface area contributed by atoms with Crippen LogP contribution in [0.4, 0.5) is 0 Å². The monoisotopic (exact) mass is 368 g/mol. The Morgan fingerprint density at radius 1 is 1.52 bits per heavy atom. The first-order valence-electron chi connectivity index (χ1n) is 7.02. The van der Waals surface area contributed by atoms with Gasteiger partial charge in [-0.3, -0.25) is 4.57 Å². The zero-order valence-corrected chi connectivity index (χ0v) is 14.1. The fourth-order valence-corrected chi connectivity index (χ4v) is 3.65. The topological polar surface area (TPSA) is 62.7 Å². The molecule has 3 rings (SSSR count). The van der Waals surface area contributed by atoms with Crippen LogP contribution in [0.25, 0.3) is 0 Å². The van der Waals surface area contributed by atoms with Crippen LogP contribution in [0.2, 0.25) is 0 Å². The van der Waals surface area contributed by atoms with Gasteiger partial charge in [-0.2, -0.15) is 0 Å². The molecule has 1 saturated carbocycles. The normalized spacial score (nSPS) is 14.6. The van der Waals surface area contributed by atoms with Gasteiger partial charge in [-0.25, -0.2) is 9.89 Å². The second-order valence-electron chi connectivity index (χ2n) is 5.07. The fourth-order valence-electron chi connectivity index (χ4n) is 2.04. The average molecular weight is 369 g/mol. The highest BCUT2D eigenvalue weighted by molar-refractivity contribution is 9.10. The number of H-pyrrole nitrogens is 1. The highest BCUT2D eigenvalue weighted by Gasteiger charge is 2.20. The van der Waals surface area contributed by atoms with Gasteiger partial charge in [-0.05, 0) is 49.2 Å². The van der Waals surface area contributed by atoms with Gasteiger partial charge in [0.2, 0.25) is 0 Å². The highest BCUT2D eigenvalue weighted by Crippen LogP contribution is 2.30. The predicted octanol–water partition coefficient (Wildman–Crippen LogP) is 2.76. The first-order chi connectivity index (χ1) is 10.2. The molecule has 1 aliphatic carbocycles. The van der Waals surface area contributed by atoms with Crippen molar-refractivity contribution >= 4 is 27.7 Å². The zero-order chi connectivity index (χ0) is 14.8. The van der Waals surface area contributed by atoms with Crippen LogP contribution in [0.5, 0.6) is 0 Å². The van der Waals surface area contributed by atoms with Crippen molar-refractivity contribution in [1.29, 1.82) is 0 Å². The van der Waals surface area contributed by atoms with E-state index in [1.54, 1.807) is 4.57 Å². The molecule has 0 radical (unpaired) electrons. The summed E-state index contributed by atoms with van der Waals surface area (Å²) in [5.41, 5.74) is 1.09. The molecule has 7 heteroatoms. The molecule has 112 valence electrons. The Labute approximate surface area is 135 Å². The van der Waals surface area contributed by atoms with E-state index in [1.807, 2.05) is 6.92 Å². The quantitative estimate of drug-likeness (QED) is 0.822. The van der Waals surface area contributed by atoms with Crippen molar-refractivity contribution in [2.24, 2.45) is 0 Å². The van der Waals surface area contributed by atoms with Gasteiger partial charge in [0.15, 0.2) is 5.16 Å². The third-order valence-corrected chi connectivity index (χ3v) is 5.15. The van der Waals surface area contributed by atoms with E-state index in [-0.39, 0.29) is 5.69 Å². The van der Waals surface area contributed by atoms with Crippen LogP contribution >= 0.6 is 27.7 Å². The Kier molecular flexibility index (Phi) is 4.51. The van der Waals surface area contributed by atoms with Gasteiger partial charge in [0.25, 0.3) is 0 Å². The van der Waals surface area contributed by atoms with Crippen LogP contribution in [-0.4, -0.2) is 20.8 Å². The minimum Gasteiger partial charge on any atom is -0.310 e. The minimum absolute atomic E-state index is 0.163. The molecule has 21 heavy (non-hydrogen) atoms. The molecule has 1 fully saturated rings. The largest absolute Gasteiger partial charge is 0.343 e. The molecule has 0 saturated heterocycles. The van der Waals surface area contributed by atoms with Gasteiger partial charge < -0.3 is 5.32 Å². The van der Waals surface area contributed by atoms with Crippen molar-refractivity contribution in [3.63, 3.8) is 0 Å². The number of rotatable bonds is 6. The molecule has 1 aromatic heterocycles. The zero-order valence-electron chi connectivity index (χ0n) is 11.7. The van der Waals surface area contributed by atoms with Gasteiger partial charge in [0, 0.05) is 28.5 Å². The molecule has 0 unspecified atom stereocenters. The maximum atomic E-state index is 11.6. The molecule has 5 nitrogen and oxygen atoms in total. The lowest BCUT2D eigenvalue weighted by Crippen LogP contribution is -2.16. The molecular formula is C14H17BrN4OS. The molecule has 0 spiro atoms. The maximum Gasteiger partial charge on any atom is 0.343 e. The first-order valence-corrected chi connectivity index (χ1v) is 8.63. The highest BCUT2D eigenvalue weighted by atomic mass is 79.9. The van der Waals surface area contributed by atoms with Crippen LogP contribution in [0.3, 0.4) is 0 Å². The lowest BCUT2D eigenvalue weighted by atomic mass is 10.2. The number of aromatic nitrogens is 3. The van der Waals surface area contributed by atoms with Crippen LogP contribution in [0.15, 0.2) is 37.5 Å². The van der Waals surface area contributed by atoms with E-state index in [0.717, 1.165) is 15.9 Å². The van der Waals surface area contributed by atoms with Gasteiger partial charge >= 0.3 is 5.69 Å². The number of aromatic amines is 1. The Bertz CT molecular complexity index is 693. The molecule has 2 aromatic rings. The first kappa shape index (κ1) is 14.9. The summed E-state index contributed by atoms with van der Waals surface area (Å²) in [6.07, 6.45) is 2.58. The second-order valence-corrected chi connectivity index (χ2v) is 6.96. The molecular weight excluding hydrogens is 352 g/mol. The summed E-state index contributed by atoms with van der Waals surface area (Å²) in [7, 11) is 0. The lowest BCUT2D eigenvalue weighted by molar-refractivity contribution is 0.660. The molecule has 1 aromatic carbocycles. The molecule has 0 aliphatic heterocycles. The Hall–Kier alpha value is -1.05. The van der Waals surface area contributed by atoms with Crippen LogP contribution < -0.4 is 11.0 Å². The van der Waals surface area contributed by atoms with Crippen molar-refractivity contribution in [2.75, 3.05) is 0 Å².